The first-order chi connectivity index (χ1) is 16.1. The molecule has 0 fully saturated rings. The molecule has 0 aliphatic carbocycles. The van der Waals surface area contributed by atoms with Crippen molar-refractivity contribution in [3.05, 3.63) is 82.9 Å². The minimum atomic E-state index is -4.20. The molecule has 0 aliphatic rings. The van der Waals surface area contributed by atoms with E-state index in [0.717, 1.165) is 26.6 Å². The van der Waals surface area contributed by atoms with Gasteiger partial charge >= 0.3 is 6.09 Å². The second-order valence-corrected chi connectivity index (χ2v) is 9.97. The zero-order valence-corrected chi connectivity index (χ0v) is 19.7. The Kier molecular flexibility index (Phi) is 6.20. The molecule has 0 saturated carbocycles. The normalized spacial score (nSPS) is 11.5. The number of carbonyl (C=O) groups is 1. The summed E-state index contributed by atoms with van der Waals surface area (Å²) in [5, 5.41) is 13.2. The van der Waals surface area contributed by atoms with E-state index in [4.69, 9.17) is 11.6 Å². The topological polar surface area (TPSA) is 105 Å². The lowest BCUT2D eigenvalue weighted by Gasteiger charge is -2.12. The van der Waals surface area contributed by atoms with Gasteiger partial charge in [0.25, 0.3) is 10.0 Å². The van der Waals surface area contributed by atoms with Gasteiger partial charge < -0.3 is 15.3 Å². The molecule has 2 N–H and O–H groups in total. The van der Waals surface area contributed by atoms with Gasteiger partial charge in [-0.2, -0.15) is 0 Å². The Morgan fingerprint density at radius 2 is 2.00 bits per heavy atom. The van der Waals surface area contributed by atoms with Crippen molar-refractivity contribution >= 4 is 50.1 Å². The minimum Gasteiger partial charge on any atom is -0.465 e. The Morgan fingerprint density at radius 3 is 2.68 bits per heavy atom. The molecular weight excluding hydrogens is 483 g/mol. The number of anilines is 2. The van der Waals surface area contributed by atoms with E-state index in [1.807, 2.05) is 13.0 Å². The summed E-state index contributed by atoms with van der Waals surface area (Å²) in [6.45, 7) is 1.83. The van der Waals surface area contributed by atoms with Crippen LogP contribution >= 0.6 is 11.6 Å². The number of aryl methyl sites for hydroxylation is 1. The number of nitrogens with zero attached hydrogens (tertiary/aromatic N) is 3. The number of aromatic nitrogens is 2. The van der Waals surface area contributed by atoms with Crippen molar-refractivity contribution in [1.29, 1.82) is 0 Å². The predicted octanol–water partition coefficient (Wildman–Crippen LogP) is 5.23. The lowest BCUT2D eigenvalue weighted by atomic mass is 10.2. The van der Waals surface area contributed by atoms with E-state index in [0.29, 0.717) is 27.5 Å². The Bertz CT molecular complexity index is 1520. The van der Waals surface area contributed by atoms with Gasteiger partial charge in [0.1, 0.15) is 11.6 Å². The molecule has 11 heteroatoms. The van der Waals surface area contributed by atoms with Crippen LogP contribution in [0.15, 0.2) is 65.8 Å². The van der Waals surface area contributed by atoms with Gasteiger partial charge in [-0.3, -0.25) is 0 Å². The third-order valence-electron chi connectivity index (χ3n) is 5.21. The fourth-order valence-electron chi connectivity index (χ4n) is 3.47. The monoisotopic (exact) mass is 502 g/mol. The number of rotatable bonds is 6. The van der Waals surface area contributed by atoms with E-state index in [1.165, 1.54) is 37.6 Å². The van der Waals surface area contributed by atoms with Crippen LogP contribution in [0.4, 0.5) is 20.7 Å². The Labute approximate surface area is 200 Å². The molecule has 1 amide bonds. The van der Waals surface area contributed by atoms with Crippen molar-refractivity contribution in [3.8, 4) is 0 Å². The van der Waals surface area contributed by atoms with Gasteiger partial charge in [-0.25, -0.2) is 26.6 Å². The van der Waals surface area contributed by atoms with Crippen LogP contribution in [0.1, 0.15) is 11.1 Å². The van der Waals surface area contributed by atoms with Crippen LogP contribution in [-0.4, -0.2) is 40.5 Å². The van der Waals surface area contributed by atoms with Crippen LogP contribution in [0.3, 0.4) is 0 Å². The fourth-order valence-corrected chi connectivity index (χ4v) is 5.17. The summed E-state index contributed by atoms with van der Waals surface area (Å²) in [6.07, 6.45) is 1.62. The number of halogens is 2. The number of carboxylic acid groups (broad SMARTS) is 1. The molecular formula is C23H20ClFN4O4S. The van der Waals surface area contributed by atoms with Crippen molar-refractivity contribution in [2.24, 2.45) is 0 Å². The largest absolute Gasteiger partial charge is 0.465 e. The molecule has 4 rings (SSSR count). The second-order valence-electron chi connectivity index (χ2n) is 7.75. The maximum atomic E-state index is 13.8. The standard InChI is InChI=1S/C23H20ClFN4O4S/c1-14-6-7-20(19(24)8-14)27-22-10-21-18(11-26-22)15(12-28(2)23(30)31)13-29(21)34(32,33)17-5-3-4-16(25)9-17/h3-11,13H,12H2,1-2H3,(H,26,27)(H,30,31). The summed E-state index contributed by atoms with van der Waals surface area (Å²) in [5.74, 6) is -0.369. The molecule has 176 valence electrons. The average molecular weight is 503 g/mol. The molecule has 0 saturated heterocycles. The molecule has 0 radical (unpaired) electrons. The summed E-state index contributed by atoms with van der Waals surface area (Å²) in [4.78, 5) is 16.5. The molecule has 8 nitrogen and oxygen atoms in total. The van der Waals surface area contributed by atoms with E-state index < -0.39 is 21.9 Å². The molecule has 2 aromatic carbocycles. The van der Waals surface area contributed by atoms with E-state index in [2.05, 4.69) is 10.3 Å². The number of hydrogen-bond donors (Lipinski definition) is 2. The highest BCUT2D eigenvalue weighted by Gasteiger charge is 2.23. The van der Waals surface area contributed by atoms with E-state index in [1.54, 1.807) is 12.1 Å². The average Bonchev–Trinajstić information content (AvgIpc) is 3.14. The molecule has 0 aliphatic heterocycles. The molecule has 34 heavy (non-hydrogen) atoms. The van der Waals surface area contributed by atoms with Crippen LogP contribution in [-0.2, 0) is 16.6 Å². The van der Waals surface area contributed by atoms with Crippen molar-refractivity contribution in [2.75, 3.05) is 12.4 Å². The maximum absolute atomic E-state index is 13.8. The first kappa shape index (κ1) is 23.5. The van der Waals surface area contributed by atoms with Gasteiger partial charge in [0.05, 0.1) is 27.7 Å². The smallest absolute Gasteiger partial charge is 0.407 e. The van der Waals surface area contributed by atoms with Crippen LogP contribution < -0.4 is 5.32 Å². The highest BCUT2D eigenvalue weighted by Crippen LogP contribution is 2.31. The van der Waals surface area contributed by atoms with Crippen LogP contribution in [0.2, 0.25) is 5.02 Å². The van der Waals surface area contributed by atoms with Crippen LogP contribution in [0, 0.1) is 12.7 Å². The fraction of sp³-hybridized carbons (Fsp3) is 0.130. The Morgan fingerprint density at radius 1 is 1.24 bits per heavy atom. The van der Waals surface area contributed by atoms with Crippen molar-refractivity contribution < 1.29 is 22.7 Å². The third-order valence-corrected chi connectivity index (χ3v) is 7.20. The quantitative estimate of drug-likeness (QED) is 0.374. The zero-order valence-electron chi connectivity index (χ0n) is 18.2. The summed E-state index contributed by atoms with van der Waals surface area (Å²) in [6, 6.07) is 11.6. The molecule has 2 heterocycles. The van der Waals surface area contributed by atoms with Gasteiger partial charge in [0.2, 0.25) is 0 Å². The Balaban J connectivity index is 1.87. The Hall–Kier alpha value is -3.63. The van der Waals surface area contributed by atoms with Crippen molar-refractivity contribution in [1.82, 2.24) is 13.9 Å². The molecule has 0 bridgehead atoms. The summed E-state index contributed by atoms with van der Waals surface area (Å²) < 4.78 is 41.6. The van der Waals surface area contributed by atoms with Gasteiger partial charge in [-0.05, 0) is 48.4 Å². The number of amides is 1. The molecule has 2 aromatic heterocycles. The van der Waals surface area contributed by atoms with E-state index in [9.17, 15) is 22.7 Å². The van der Waals surface area contributed by atoms with Crippen molar-refractivity contribution in [3.63, 3.8) is 0 Å². The zero-order chi connectivity index (χ0) is 24.6. The number of hydrogen-bond acceptors (Lipinski definition) is 5. The first-order valence-electron chi connectivity index (χ1n) is 10.0. The summed E-state index contributed by atoms with van der Waals surface area (Å²) in [5.41, 5.74) is 2.23. The second kappa shape index (κ2) is 8.96. The molecule has 0 unspecified atom stereocenters. The maximum Gasteiger partial charge on any atom is 0.407 e. The van der Waals surface area contributed by atoms with Crippen molar-refractivity contribution in [2.45, 2.75) is 18.4 Å². The highest BCUT2D eigenvalue weighted by atomic mass is 35.5. The van der Waals surface area contributed by atoms with Gasteiger partial charge in [0, 0.05) is 30.9 Å². The number of fused-ring (bicyclic) bond motifs is 1. The first-order valence-corrected chi connectivity index (χ1v) is 11.9. The minimum absolute atomic E-state index is 0.0737. The number of benzene rings is 2. The number of nitrogens with one attached hydrogen (secondary N) is 1. The highest BCUT2D eigenvalue weighted by molar-refractivity contribution is 7.90. The van der Waals surface area contributed by atoms with Gasteiger partial charge in [-0.15, -0.1) is 0 Å². The summed E-state index contributed by atoms with van der Waals surface area (Å²) in [7, 11) is -2.83. The van der Waals surface area contributed by atoms with E-state index in [-0.39, 0.29) is 17.0 Å². The van der Waals surface area contributed by atoms with Crippen LogP contribution in [0.5, 0.6) is 0 Å². The molecule has 0 spiro atoms. The van der Waals surface area contributed by atoms with Gasteiger partial charge in [-0.1, -0.05) is 23.7 Å². The predicted molar refractivity (Wildman–Crippen MR) is 128 cm³/mol. The molecule has 4 aromatic rings. The SMILES string of the molecule is Cc1ccc(Nc2cc3c(cn2)c(CN(C)C(=O)O)cn3S(=O)(=O)c2cccc(F)c2)c(Cl)c1. The summed E-state index contributed by atoms with van der Waals surface area (Å²) >= 11 is 6.30. The third kappa shape index (κ3) is 4.55. The lowest BCUT2D eigenvalue weighted by molar-refractivity contribution is 0.154. The molecule has 0 atom stereocenters. The van der Waals surface area contributed by atoms with Crippen LogP contribution in [0.25, 0.3) is 10.9 Å². The lowest BCUT2D eigenvalue weighted by Crippen LogP contribution is -2.23. The van der Waals surface area contributed by atoms with Gasteiger partial charge in [0.15, 0.2) is 0 Å². The number of pyridine rings is 1. The van der Waals surface area contributed by atoms with E-state index >= 15 is 0 Å².